The molecule has 3 aromatic carbocycles. The summed E-state index contributed by atoms with van der Waals surface area (Å²) in [7, 11) is -1.81. The number of sulfonamides is 1. The number of benzene rings is 3. The number of ether oxygens (including phenoxy) is 1. The summed E-state index contributed by atoms with van der Waals surface area (Å²) in [6.45, 7) is 0. The van der Waals surface area contributed by atoms with Crippen LogP contribution in [0, 0.1) is 0 Å². The molecule has 0 aliphatic carbocycles. The zero-order valence-corrected chi connectivity index (χ0v) is 16.3. The average molecular weight is 394 g/mol. The Morgan fingerprint density at radius 1 is 0.893 bits per heavy atom. The molecule has 0 unspecified atom stereocenters. The lowest BCUT2D eigenvalue weighted by Gasteiger charge is -2.15. The highest BCUT2D eigenvalue weighted by molar-refractivity contribution is 7.92. The number of fused-ring (bicyclic) bond motifs is 2. The quantitative estimate of drug-likeness (QED) is 0.503. The van der Waals surface area contributed by atoms with Crippen molar-refractivity contribution in [3.05, 3.63) is 66.7 Å². The number of hydrogen-bond donors (Lipinski definition) is 2. The first-order chi connectivity index (χ1) is 13.4. The third-order valence-corrected chi connectivity index (χ3v) is 5.03. The molecule has 0 aliphatic rings. The Morgan fingerprint density at radius 3 is 2.07 bits per heavy atom. The van der Waals surface area contributed by atoms with E-state index in [-0.39, 0.29) is 0 Å². The van der Waals surface area contributed by atoms with E-state index in [4.69, 9.17) is 4.74 Å². The number of anilines is 3. The molecule has 142 valence electrons. The van der Waals surface area contributed by atoms with Crippen LogP contribution in [-0.2, 0) is 10.0 Å². The molecule has 0 amide bonds. The number of aromatic amines is 1. The largest absolute Gasteiger partial charge is 0.494 e. The molecule has 4 aromatic rings. The van der Waals surface area contributed by atoms with Gasteiger partial charge in [-0.15, -0.1) is 0 Å². The molecule has 1 heterocycles. The molecule has 0 fully saturated rings. The zero-order chi connectivity index (χ0) is 19.7. The molecule has 0 bridgehead atoms. The number of H-pyrrole nitrogens is 1. The predicted molar refractivity (Wildman–Crippen MR) is 113 cm³/mol. The van der Waals surface area contributed by atoms with E-state index in [1.165, 1.54) is 0 Å². The first kappa shape index (κ1) is 18.1. The van der Waals surface area contributed by atoms with Gasteiger partial charge in [-0.25, -0.2) is 13.4 Å². The van der Waals surface area contributed by atoms with Gasteiger partial charge in [-0.05, 0) is 24.3 Å². The van der Waals surface area contributed by atoms with Crippen molar-refractivity contribution in [3.63, 3.8) is 0 Å². The molecular formula is C21H20N3O3S+. The first-order valence-electron chi connectivity index (χ1n) is 8.70. The highest BCUT2D eigenvalue weighted by atomic mass is 32.2. The number of nitrogens with one attached hydrogen (secondary N) is 3. The topological polar surface area (TPSA) is 81.6 Å². The molecule has 4 rings (SSSR count). The monoisotopic (exact) mass is 394 g/mol. The van der Waals surface area contributed by atoms with Crippen LogP contribution in [-0.4, -0.2) is 21.8 Å². The highest BCUT2D eigenvalue weighted by Gasteiger charge is 2.15. The maximum absolute atomic E-state index is 11.5. The maximum Gasteiger partial charge on any atom is 0.229 e. The lowest BCUT2D eigenvalue weighted by atomic mass is 10.1. The maximum atomic E-state index is 11.5. The van der Waals surface area contributed by atoms with Crippen LogP contribution in [0.25, 0.3) is 21.8 Å². The number of methoxy groups -OCH3 is 1. The number of aromatic nitrogens is 1. The SMILES string of the molecule is COc1cc(NS(C)(=O)=O)ccc1Nc1c2ccccc2[nH+]c2ccccc12. The summed E-state index contributed by atoms with van der Waals surface area (Å²) in [5, 5.41) is 5.56. The van der Waals surface area contributed by atoms with Crippen molar-refractivity contribution in [1.82, 2.24) is 0 Å². The second-order valence-corrected chi connectivity index (χ2v) is 8.25. The number of hydrogen-bond acceptors (Lipinski definition) is 4. The molecule has 1 aromatic heterocycles. The van der Waals surface area contributed by atoms with Gasteiger partial charge in [0.2, 0.25) is 21.1 Å². The lowest BCUT2D eigenvalue weighted by Crippen LogP contribution is -2.10. The third-order valence-electron chi connectivity index (χ3n) is 4.43. The van der Waals surface area contributed by atoms with Gasteiger partial charge in [-0.2, -0.15) is 0 Å². The summed E-state index contributed by atoms with van der Waals surface area (Å²) < 4.78 is 31.0. The molecule has 0 saturated heterocycles. The second kappa shape index (κ2) is 7.01. The van der Waals surface area contributed by atoms with Gasteiger partial charge in [0.1, 0.15) is 5.75 Å². The molecule has 0 saturated carbocycles. The van der Waals surface area contributed by atoms with E-state index < -0.39 is 10.0 Å². The normalized spacial score (nSPS) is 11.5. The molecule has 7 heteroatoms. The van der Waals surface area contributed by atoms with Crippen LogP contribution >= 0.6 is 0 Å². The molecular weight excluding hydrogens is 374 g/mol. The van der Waals surface area contributed by atoms with E-state index in [2.05, 4.69) is 15.0 Å². The Hall–Kier alpha value is -3.32. The summed E-state index contributed by atoms with van der Waals surface area (Å²) in [6.07, 6.45) is 1.12. The molecule has 0 atom stereocenters. The summed E-state index contributed by atoms with van der Waals surface area (Å²) in [6, 6.07) is 21.3. The van der Waals surface area contributed by atoms with Gasteiger partial charge < -0.3 is 10.1 Å². The Morgan fingerprint density at radius 2 is 1.50 bits per heavy atom. The van der Waals surface area contributed by atoms with Crippen molar-refractivity contribution < 1.29 is 18.1 Å². The van der Waals surface area contributed by atoms with Crippen molar-refractivity contribution in [2.45, 2.75) is 0 Å². The van der Waals surface area contributed by atoms with Gasteiger partial charge in [0, 0.05) is 18.2 Å². The highest BCUT2D eigenvalue weighted by Crippen LogP contribution is 2.36. The fraction of sp³-hybridized carbons (Fsp3) is 0.0952. The summed E-state index contributed by atoms with van der Waals surface area (Å²) in [5.74, 6) is 0.537. The van der Waals surface area contributed by atoms with Crippen molar-refractivity contribution in [3.8, 4) is 5.75 Å². The van der Waals surface area contributed by atoms with Crippen LogP contribution in [0.3, 0.4) is 0 Å². The Labute approximate surface area is 163 Å². The van der Waals surface area contributed by atoms with Gasteiger partial charge in [0.15, 0.2) is 0 Å². The summed E-state index contributed by atoms with van der Waals surface area (Å²) in [4.78, 5) is 3.45. The van der Waals surface area contributed by atoms with Gasteiger partial charge in [-0.1, -0.05) is 24.3 Å². The Kier molecular flexibility index (Phi) is 4.52. The molecule has 0 aliphatic heterocycles. The van der Waals surface area contributed by atoms with Crippen molar-refractivity contribution in [1.29, 1.82) is 0 Å². The van der Waals surface area contributed by atoms with Gasteiger partial charge in [0.25, 0.3) is 0 Å². The van der Waals surface area contributed by atoms with Gasteiger partial charge in [-0.3, -0.25) is 4.72 Å². The van der Waals surface area contributed by atoms with Crippen molar-refractivity contribution in [2.75, 3.05) is 23.4 Å². The molecule has 6 nitrogen and oxygen atoms in total. The summed E-state index contributed by atoms with van der Waals surface area (Å²) in [5.41, 5.74) is 4.16. The number of rotatable bonds is 5. The van der Waals surface area contributed by atoms with Crippen LogP contribution in [0.5, 0.6) is 5.75 Å². The first-order valence-corrected chi connectivity index (χ1v) is 10.6. The van der Waals surface area contributed by atoms with E-state index in [1.807, 2.05) is 48.5 Å². The van der Waals surface area contributed by atoms with E-state index in [0.717, 1.165) is 39.4 Å². The Balaban J connectivity index is 1.85. The minimum atomic E-state index is -3.36. The third kappa shape index (κ3) is 3.57. The fourth-order valence-electron chi connectivity index (χ4n) is 3.25. The molecule has 0 radical (unpaired) electrons. The smallest absolute Gasteiger partial charge is 0.229 e. The van der Waals surface area contributed by atoms with E-state index in [9.17, 15) is 8.42 Å². The lowest BCUT2D eigenvalue weighted by molar-refractivity contribution is -0.310. The molecule has 28 heavy (non-hydrogen) atoms. The minimum absolute atomic E-state index is 0.445. The van der Waals surface area contributed by atoms with Crippen LogP contribution in [0.15, 0.2) is 66.7 Å². The number of para-hydroxylation sites is 2. The van der Waals surface area contributed by atoms with E-state index in [0.29, 0.717) is 11.4 Å². The second-order valence-electron chi connectivity index (χ2n) is 6.51. The Bertz CT molecular complexity index is 1230. The molecule has 0 spiro atoms. The van der Waals surface area contributed by atoms with Gasteiger partial charge >= 0.3 is 0 Å². The standard InChI is InChI=1S/C21H19N3O3S/c1-27-20-13-14(24-28(2,25)26)11-12-19(20)23-21-15-7-3-5-9-17(15)22-18-10-6-4-8-16(18)21/h3-13,24H,1-2H3,(H,22,23)/p+1. The van der Waals surface area contributed by atoms with Crippen LogP contribution in [0.4, 0.5) is 17.1 Å². The molecule has 3 N–H and O–H groups in total. The fourth-order valence-corrected chi connectivity index (χ4v) is 3.81. The van der Waals surface area contributed by atoms with E-state index >= 15 is 0 Å². The van der Waals surface area contributed by atoms with Crippen molar-refractivity contribution in [2.24, 2.45) is 0 Å². The van der Waals surface area contributed by atoms with Gasteiger partial charge in [0.05, 0.1) is 41.2 Å². The predicted octanol–water partition coefficient (Wildman–Crippen LogP) is 3.93. The number of pyridine rings is 1. The van der Waals surface area contributed by atoms with E-state index in [1.54, 1.807) is 25.3 Å². The van der Waals surface area contributed by atoms with Crippen LogP contribution in [0.2, 0.25) is 0 Å². The van der Waals surface area contributed by atoms with Crippen molar-refractivity contribution >= 4 is 48.9 Å². The minimum Gasteiger partial charge on any atom is -0.494 e. The van der Waals surface area contributed by atoms with Crippen LogP contribution in [0.1, 0.15) is 0 Å². The van der Waals surface area contributed by atoms with Crippen LogP contribution < -0.4 is 19.8 Å². The summed E-state index contributed by atoms with van der Waals surface area (Å²) >= 11 is 0. The average Bonchev–Trinajstić information content (AvgIpc) is 2.67. The zero-order valence-electron chi connectivity index (χ0n) is 15.5.